The molecule has 0 fully saturated rings. The summed E-state index contributed by atoms with van der Waals surface area (Å²) < 4.78 is 0. The molecule has 1 nitrogen and oxygen atoms in total. The van der Waals surface area contributed by atoms with Crippen molar-refractivity contribution in [2.45, 2.75) is 46.1 Å². The van der Waals surface area contributed by atoms with Gasteiger partial charge in [-0.3, -0.25) is 0 Å². The third-order valence-corrected chi connectivity index (χ3v) is 2.92. The number of rotatable bonds is 3. The summed E-state index contributed by atoms with van der Waals surface area (Å²) in [5.41, 5.74) is 2.86. The highest BCUT2D eigenvalue weighted by Crippen LogP contribution is 2.29. The van der Waals surface area contributed by atoms with Gasteiger partial charge in [0, 0.05) is 0 Å². The molecule has 1 rings (SSSR count). The largest absolute Gasteiger partial charge is 0.385 e. The van der Waals surface area contributed by atoms with Crippen molar-refractivity contribution in [3.63, 3.8) is 0 Å². The maximum atomic E-state index is 10.3. The van der Waals surface area contributed by atoms with Crippen molar-refractivity contribution < 1.29 is 5.11 Å². The average molecular weight is 192 g/mol. The highest BCUT2D eigenvalue weighted by Gasteiger charge is 2.23. The van der Waals surface area contributed by atoms with E-state index >= 15 is 0 Å². The molecule has 0 amide bonds. The summed E-state index contributed by atoms with van der Waals surface area (Å²) in [5.74, 6) is 0. The van der Waals surface area contributed by atoms with Gasteiger partial charge in [-0.25, -0.2) is 0 Å². The highest BCUT2D eigenvalue weighted by atomic mass is 16.3. The molecular weight excluding hydrogens is 172 g/mol. The zero-order valence-corrected chi connectivity index (χ0v) is 9.59. The second kappa shape index (κ2) is 4.14. The molecule has 14 heavy (non-hydrogen) atoms. The number of hydrogen-bond acceptors (Lipinski definition) is 1. The zero-order chi connectivity index (χ0) is 10.8. The Balaban J connectivity index is 3.12. The molecule has 0 unspecified atom stereocenters. The highest BCUT2D eigenvalue weighted by molar-refractivity contribution is 5.36. The fourth-order valence-corrected chi connectivity index (χ4v) is 1.96. The van der Waals surface area contributed by atoms with Crippen molar-refractivity contribution in [3.05, 3.63) is 34.9 Å². The first-order valence-corrected chi connectivity index (χ1v) is 5.28. The predicted octanol–water partition coefficient (Wildman–Crippen LogP) is 3.31. The molecule has 78 valence electrons. The van der Waals surface area contributed by atoms with Crippen LogP contribution in [0, 0.1) is 13.8 Å². The molecule has 0 heterocycles. The number of aliphatic hydroxyl groups is 1. The standard InChI is InChI=1S/C13H20O/c1-5-9-13(4,14)12-8-6-7-10(2)11(12)3/h6-8,14H,5,9H2,1-4H3/t13-/m1/s1. The molecule has 0 saturated carbocycles. The molecule has 0 bridgehead atoms. The summed E-state index contributed by atoms with van der Waals surface area (Å²) in [6.45, 7) is 8.16. The summed E-state index contributed by atoms with van der Waals surface area (Å²) >= 11 is 0. The normalized spacial score (nSPS) is 15.2. The minimum absolute atomic E-state index is 0.676. The van der Waals surface area contributed by atoms with Gasteiger partial charge in [0.25, 0.3) is 0 Å². The quantitative estimate of drug-likeness (QED) is 0.779. The Bertz CT molecular complexity index is 313. The summed E-state index contributed by atoms with van der Waals surface area (Å²) in [7, 11) is 0. The molecule has 0 spiro atoms. The Kier molecular flexibility index (Phi) is 3.33. The first kappa shape index (κ1) is 11.3. The van der Waals surface area contributed by atoms with Gasteiger partial charge in [-0.1, -0.05) is 31.5 Å². The lowest BCUT2D eigenvalue weighted by Gasteiger charge is -2.26. The van der Waals surface area contributed by atoms with Crippen LogP contribution in [-0.4, -0.2) is 5.11 Å². The van der Waals surface area contributed by atoms with Crippen molar-refractivity contribution in [3.8, 4) is 0 Å². The summed E-state index contributed by atoms with van der Waals surface area (Å²) in [4.78, 5) is 0. The molecule has 1 heteroatoms. The smallest absolute Gasteiger partial charge is 0.0871 e. The van der Waals surface area contributed by atoms with Gasteiger partial charge in [-0.15, -0.1) is 0 Å². The second-order valence-corrected chi connectivity index (χ2v) is 4.27. The summed E-state index contributed by atoms with van der Waals surface area (Å²) in [6.07, 6.45) is 1.82. The molecule has 1 N–H and O–H groups in total. The first-order valence-electron chi connectivity index (χ1n) is 5.28. The van der Waals surface area contributed by atoms with Crippen LogP contribution in [0.5, 0.6) is 0 Å². The Labute approximate surface area is 86.8 Å². The minimum Gasteiger partial charge on any atom is -0.385 e. The molecule has 0 saturated heterocycles. The fourth-order valence-electron chi connectivity index (χ4n) is 1.96. The van der Waals surface area contributed by atoms with Crippen molar-refractivity contribution in [1.29, 1.82) is 0 Å². The van der Waals surface area contributed by atoms with E-state index in [0.29, 0.717) is 0 Å². The van der Waals surface area contributed by atoms with Crippen LogP contribution in [0.2, 0.25) is 0 Å². The van der Waals surface area contributed by atoms with Gasteiger partial charge in [0.1, 0.15) is 0 Å². The maximum absolute atomic E-state index is 10.3. The predicted molar refractivity (Wildman–Crippen MR) is 60.4 cm³/mol. The van der Waals surface area contributed by atoms with E-state index < -0.39 is 5.60 Å². The van der Waals surface area contributed by atoms with Crippen LogP contribution >= 0.6 is 0 Å². The molecule has 0 radical (unpaired) electrons. The third-order valence-electron chi connectivity index (χ3n) is 2.92. The van der Waals surface area contributed by atoms with E-state index in [0.717, 1.165) is 18.4 Å². The first-order chi connectivity index (χ1) is 6.49. The van der Waals surface area contributed by atoms with Crippen LogP contribution in [0.1, 0.15) is 43.4 Å². The van der Waals surface area contributed by atoms with Crippen molar-refractivity contribution >= 4 is 0 Å². The van der Waals surface area contributed by atoms with Crippen molar-refractivity contribution in [2.75, 3.05) is 0 Å². The Morgan fingerprint density at radius 2 is 1.93 bits per heavy atom. The molecule has 0 aliphatic rings. The molecule has 0 aliphatic carbocycles. The lowest BCUT2D eigenvalue weighted by atomic mass is 9.87. The maximum Gasteiger partial charge on any atom is 0.0871 e. The van der Waals surface area contributed by atoms with Crippen LogP contribution < -0.4 is 0 Å². The van der Waals surface area contributed by atoms with Gasteiger partial charge < -0.3 is 5.11 Å². The Hall–Kier alpha value is -0.820. The van der Waals surface area contributed by atoms with E-state index in [9.17, 15) is 5.11 Å². The third kappa shape index (κ3) is 2.16. The SMILES string of the molecule is CCC[C@@](C)(O)c1cccc(C)c1C. The summed E-state index contributed by atoms with van der Waals surface area (Å²) in [5, 5.41) is 10.3. The van der Waals surface area contributed by atoms with Crippen LogP contribution in [0.3, 0.4) is 0 Å². The topological polar surface area (TPSA) is 20.2 Å². The van der Waals surface area contributed by atoms with Crippen LogP contribution in [0.4, 0.5) is 0 Å². The number of hydrogen-bond donors (Lipinski definition) is 1. The van der Waals surface area contributed by atoms with Crippen LogP contribution in [0.15, 0.2) is 18.2 Å². The van der Waals surface area contributed by atoms with E-state index in [1.807, 2.05) is 19.1 Å². The molecule has 1 atom stereocenters. The molecule has 1 aromatic rings. The Morgan fingerprint density at radius 3 is 2.50 bits per heavy atom. The van der Waals surface area contributed by atoms with Crippen molar-refractivity contribution in [1.82, 2.24) is 0 Å². The number of benzene rings is 1. The van der Waals surface area contributed by atoms with E-state index in [1.165, 1.54) is 11.1 Å². The molecule has 0 aromatic heterocycles. The minimum atomic E-state index is -0.676. The van der Waals surface area contributed by atoms with E-state index in [4.69, 9.17) is 0 Å². The lowest BCUT2D eigenvalue weighted by Crippen LogP contribution is -2.22. The van der Waals surface area contributed by atoms with Gasteiger partial charge in [0.05, 0.1) is 5.60 Å². The average Bonchev–Trinajstić information content (AvgIpc) is 2.09. The Morgan fingerprint density at radius 1 is 1.29 bits per heavy atom. The van der Waals surface area contributed by atoms with Gasteiger partial charge in [0.15, 0.2) is 0 Å². The van der Waals surface area contributed by atoms with Gasteiger partial charge in [-0.2, -0.15) is 0 Å². The lowest BCUT2D eigenvalue weighted by molar-refractivity contribution is 0.0463. The van der Waals surface area contributed by atoms with E-state index in [2.05, 4.69) is 26.8 Å². The van der Waals surface area contributed by atoms with E-state index in [-0.39, 0.29) is 0 Å². The second-order valence-electron chi connectivity index (χ2n) is 4.27. The summed E-state index contributed by atoms with van der Waals surface area (Å²) in [6, 6.07) is 6.13. The number of aryl methyl sites for hydroxylation is 1. The monoisotopic (exact) mass is 192 g/mol. The van der Waals surface area contributed by atoms with E-state index in [1.54, 1.807) is 0 Å². The molecular formula is C13H20O. The van der Waals surface area contributed by atoms with Crippen molar-refractivity contribution in [2.24, 2.45) is 0 Å². The zero-order valence-electron chi connectivity index (χ0n) is 9.59. The van der Waals surface area contributed by atoms with Gasteiger partial charge in [-0.05, 0) is 43.9 Å². The van der Waals surface area contributed by atoms with Crippen LogP contribution in [0.25, 0.3) is 0 Å². The molecule has 0 aliphatic heterocycles. The van der Waals surface area contributed by atoms with Gasteiger partial charge in [0.2, 0.25) is 0 Å². The molecule has 1 aromatic carbocycles. The van der Waals surface area contributed by atoms with Gasteiger partial charge >= 0.3 is 0 Å². The fraction of sp³-hybridized carbons (Fsp3) is 0.538. The van der Waals surface area contributed by atoms with Crippen LogP contribution in [-0.2, 0) is 5.60 Å².